The summed E-state index contributed by atoms with van der Waals surface area (Å²) in [6.45, 7) is 13.4. The Hall–Kier alpha value is -5.07. The highest BCUT2D eigenvalue weighted by Crippen LogP contribution is 2.38. The molecule has 1 aromatic heterocycles. The van der Waals surface area contributed by atoms with E-state index in [1.165, 1.54) is 5.56 Å². The number of allylic oxidation sites excluding steroid dienone is 1. The van der Waals surface area contributed by atoms with Crippen LogP contribution >= 0.6 is 0 Å². The van der Waals surface area contributed by atoms with Crippen LogP contribution < -0.4 is 30.4 Å². The molecule has 2 amide bonds. The van der Waals surface area contributed by atoms with E-state index < -0.39 is 6.10 Å². The van der Waals surface area contributed by atoms with Gasteiger partial charge >= 0.3 is 0 Å². The molecule has 3 aliphatic heterocycles. The second-order valence-electron chi connectivity index (χ2n) is 14.1. The van der Waals surface area contributed by atoms with Gasteiger partial charge in [0, 0.05) is 69.8 Å². The highest BCUT2D eigenvalue weighted by Gasteiger charge is 2.29. The fraction of sp³-hybridized carbons (Fsp3) is 0.439. The van der Waals surface area contributed by atoms with Crippen molar-refractivity contribution in [3.63, 3.8) is 0 Å². The number of likely N-dealkylation sites (tertiary alicyclic amines) is 1. The predicted octanol–water partition coefficient (Wildman–Crippen LogP) is 4.45. The molecule has 1 atom stereocenters. The molecule has 2 N–H and O–H groups in total. The monoisotopic (exact) mass is 724 g/mol. The molecule has 12 heteroatoms. The van der Waals surface area contributed by atoms with Crippen LogP contribution in [0.5, 0.6) is 17.2 Å². The highest BCUT2D eigenvalue weighted by atomic mass is 16.5. The van der Waals surface area contributed by atoms with Crippen LogP contribution in [-0.4, -0.2) is 104 Å². The van der Waals surface area contributed by atoms with Gasteiger partial charge in [-0.15, -0.1) is 0 Å². The summed E-state index contributed by atoms with van der Waals surface area (Å²) < 4.78 is 19.3. The van der Waals surface area contributed by atoms with Gasteiger partial charge in [0.25, 0.3) is 11.5 Å². The van der Waals surface area contributed by atoms with Crippen molar-refractivity contribution in [1.82, 2.24) is 24.6 Å². The molecule has 6 rings (SSSR count). The van der Waals surface area contributed by atoms with Crippen molar-refractivity contribution in [3.05, 3.63) is 88.5 Å². The maximum atomic E-state index is 13.4. The van der Waals surface area contributed by atoms with Crippen molar-refractivity contribution in [2.75, 3.05) is 72.4 Å². The van der Waals surface area contributed by atoms with E-state index in [9.17, 15) is 14.4 Å². The molecule has 0 radical (unpaired) electrons. The summed E-state index contributed by atoms with van der Waals surface area (Å²) in [4.78, 5) is 44.9. The predicted molar refractivity (Wildman–Crippen MR) is 208 cm³/mol. The molecule has 0 bridgehead atoms. The standard InChI is InChI=1S/C41H52N6O6/c1-7-32-33(24-44(4)41(50)39(32)42-3)30-22-36(51-5)34(37(23-30)52-6)25-46-18-20-47(21-19-46)38(48)26-45-16-14-29(15-17-45)28-9-11-31(12-10-28)53-35-13-8-27(2)43-40(35)49/h7,9-12,22-24,29,35,42H,1-2,8,13-21,25-26H2,3-6H3,(H,43,49). The number of hydrogen-bond acceptors (Lipinski definition) is 9. The van der Waals surface area contributed by atoms with Crippen molar-refractivity contribution in [2.24, 2.45) is 7.05 Å². The molecule has 3 fully saturated rings. The number of amides is 2. The van der Waals surface area contributed by atoms with Gasteiger partial charge in [-0.2, -0.15) is 0 Å². The minimum Gasteiger partial charge on any atom is -0.496 e. The number of hydrogen-bond donors (Lipinski definition) is 2. The molecule has 3 aliphatic rings. The summed E-state index contributed by atoms with van der Waals surface area (Å²) in [5.74, 6) is 2.56. The zero-order valence-electron chi connectivity index (χ0n) is 31.4. The zero-order chi connectivity index (χ0) is 37.6. The van der Waals surface area contributed by atoms with E-state index in [4.69, 9.17) is 14.2 Å². The fourth-order valence-electron chi connectivity index (χ4n) is 7.67. The van der Waals surface area contributed by atoms with Crippen LogP contribution in [0.3, 0.4) is 0 Å². The first-order chi connectivity index (χ1) is 25.6. The highest BCUT2D eigenvalue weighted by molar-refractivity contribution is 5.84. The summed E-state index contributed by atoms with van der Waals surface area (Å²) in [7, 11) is 6.76. The van der Waals surface area contributed by atoms with Gasteiger partial charge in [0.15, 0.2) is 6.10 Å². The van der Waals surface area contributed by atoms with Crippen molar-refractivity contribution in [3.8, 4) is 28.4 Å². The van der Waals surface area contributed by atoms with Crippen LogP contribution in [0.2, 0.25) is 0 Å². The quantitative estimate of drug-likeness (QED) is 0.280. The molecule has 3 saturated heterocycles. The van der Waals surface area contributed by atoms with Crippen molar-refractivity contribution >= 4 is 23.6 Å². The number of piperidine rings is 2. The Balaban J connectivity index is 1.00. The van der Waals surface area contributed by atoms with Gasteiger partial charge < -0.3 is 34.3 Å². The Morgan fingerprint density at radius 2 is 1.62 bits per heavy atom. The second-order valence-corrected chi connectivity index (χ2v) is 14.1. The lowest BCUT2D eigenvalue weighted by molar-refractivity contribution is -0.134. The first kappa shape index (κ1) is 37.7. The Kier molecular flexibility index (Phi) is 11.9. The van der Waals surface area contributed by atoms with E-state index in [-0.39, 0.29) is 17.4 Å². The van der Waals surface area contributed by atoms with Crippen molar-refractivity contribution in [1.29, 1.82) is 0 Å². The van der Waals surface area contributed by atoms with E-state index in [0.29, 0.717) is 67.0 Å². The number of nitrogens with zero attached hydrogens (tertiary/aromatic N) is 4. The normalized spacial score (nSPS) is 18.7. The zero-order valence-corrected chi connectivity index (χ0v) is 31.4. The summed E-state index contributed by atoms with van der Waals surface area (Å²) in [5.41, 5.74) is 5.70. The van der Waals surface area contributed by atoms with Crippen LogP contribution in [0.25, 0.3) is 17.2 Å². The molecule has 0 aliphatic carbocycles. The van der Waals surface area contributed by atoms with Crippen LogP contribution in [0.15, 0.2) is 66.2 Å². The van der Waals surface area contributed by atoms with Crippen molar-refractivity contribution < 1.29 is 23.8 Å². The molecule has 1 unspecified atom stereocenters. The summed E-state index contributed by atoms with van der Waals surface area (Å²) in [6.07, 6.45) is 6.35. The Morgan fingerprint density at radius 1 is 0.962 bits per heavy atom. The lowest BCUT2D eigenvalue weighted by atomic mass is 9.89. The van der Waals surface area contributed by atoms with E-state index in [1.54, 1.807) is 45.2 Å². The molecule has 4 heterocycles. The number of ether oxygens (including phenoxy) is 3. The number of carbonyl (C=O) groups excluding carboxylic acids is 2. The van der Waals surface area contributed by atoms with Crippen LogP contribution in [0, 0.1) is 0 Å². The first-order valence-electron chi connectivity index (χ1n) is 18.4. The number of methoxy groups -OCH3 is 2. The molecule has 3 aromatic rings. The lowest BCUT2D eigenvalue weighted by Crippen LogP contribution is -2.51. The van der Waals surface area contributed by atoms with Crippen LogP contribution in [0.4, 0.5) is 5.69 Å². The van der Waals surface area contributed by atoms with Gasteiger partial charge in [0.05, 0.1) is 26.3 Å². The van der Waals surface area contributed by atoms with Gasteiger partial charge in [-0.05, 0) is 80.1 Å². The number of benzene rings is 2. The molecule has 0 saturated carbocycles. The fourth-order valence-corrected chi connectivity index (χ4v) is 7.67. The third-order valence-corrected chi connectivity index (χ3v) is 10.8. The average molecular weight is 725 g/mol. The summed E-state index contributed by atoms with van der Waals surface area (Å²) in [6, 6.07) is 12.1. The number of carbonyl (C=O) groups is 2. The molecule has 282 valence electrons. The second kappa shape index (κ2) is 16.7. The average Bonchev–Trinajstić information content (AvgIpc) is 3.17. The van der Waals surface area contributed by atoms with Crippen molar-refractivity contribution in [2.45, 2.75) is 44.2 Å². The van der Waals surface area contributed by atoms with E-state index >= 15 is 0 Å². The molecule has 2 aromatic carbocycles. The Morgan fingerprint density at radius 3 is 2.21 bits per heavy atom. The molecule has 12 nitrogen and oxygen atoms in total. The SMILES string of the molecule is C=Cc1c(-c2cc(OC)c(CN3CCN(C(=O)CN4CCC(c5ccc(OC6CCC(=C)NC6=O)cc5)CC4)CC3)c(OC)c2)cn(C)c(=O)c1NC. The number of piperazine rings is 1. The lowest BCUT2D eigenvalue weighted by Gasteiger charge is -2.37. The Bertz CT molecular complexity index is 1860. The number of rotatable bonds is 12. The van der Waals surface area contributed by atoms with E-state index in [2.05, 4.69) is 45.7 Å². The van der Waals surface area contributed by atoms with E-state index in [0.717, 1.165) is 67.8 Å². The van der Waals surface area contributed by atoms with Gasteiger partial charge in [-0.3, -0.25) is 24.2 Å². The maximum absolute atomic E-state index is 13.4. The first-order valence-corrected chi connectivity index (χ1v) is 18.4. The number of pyridine rings is 1. The molecular formula is C41H52N6O6. The number of aromatic nitrogens is 1. The Labute approximate surface area is 312 Å². The van der Waals surface area contributed by atoms with Gasteiger partial charge in [0.1, 0.15) is 22.9 Å². The van der Waals surface area contributed by atoms with Crippen LogP contribution in [0.1, 0.15) is 48.3 Å². The minimum atomic E-state index is -0.487. The van der Waals surface area contributed by atoms with E-state index in [1.807, 2.05) is 29.2 Å². The molecule has 53 heavy (non-hydrogen) atoms. The molecule has 0 spiro atoms. The minimum absolute atomic E-state index is 0.130. The van der Waals surface area contributed by atoms with Gasteiger partial charge in [-0.25, -0.2) is 0 Å². The van der Waals surface area contributed by atoms with Gasteiger partial charge in [0.2, 0.25) is 5.91 Å². The topological polar surface area (TPSA) is 118 Å². The smallest absolute Gasteiger partial charge is 0.274 e. The summed E-state index contributed by atoms with van der Waals surface area (Å²) in [5, 5.41) is 5.80. The number of aryl methyl sites for hydroxylation is 1. The molecular weight excluding hydrogens is 672 g/mol. The number of anilines is 1. The maximum Gasteiger partial charge on any atom is 0.274 e. The summed E-state index contributed by atoms with van der Waals surface area (Å²) >= 11 is 0. The third kappa shape index (κ3) is 8.44. The van der Waals surface area contributed by atoms with Gasteiger partial charge in [-0.1, -0.05) is 31.4 Å². The largest absolute Gasteiger partial charge is 0.496 e. The third-order valence-electron chi connectivity index (χ3n) is 10.8. The van der Waals surface area contributed by atoms with Crippen LogP contribution in [-0.2, 0) is 23.2 Å². The number of nitrogens with one attached hydrogen (secondary N) is 2.